The molecule has 2 aliphatic heterocycles. The zero-order valence-corrected chi connectivity index (χ0v) is 12.9. The minimum Gasteiger partial charge on any atom is -0.374 e. The van der Waals surface area contributed by atoms with E-state index in [4.69, 9.17) is 0 Å². The topological polar surface area (TPSA) is 44.4 Å². The van der Waals surface area contributed by atoms with Crippen molar-refractivity contribution in [3.63, 3.8) is 0 Å². The Bertz CT molecular complexity index is 491. The third-order valence-corrected chi connectivity index (χ3v) is 4.74. The Labute approximate surface area is 126 Å². The van der Waals surface area contributed by atoms with Gasteiger partial charge in [-0.25, -0.2) is 0 Å². The quantitative estimate of drug-likeness (QED) is 0.897. The lowest BCUT2D eigenvalue weighted by Gasteiger charge is -2.28. The first-order valence-corrected chi connectivity index (χ1v) is 7.98. The van der Waals surface area contributed by atoms with Gasteiger partial charge in [0.1, 0.15) is 6.04 Å². The number of likely N-dealkylation sites (tertiary alicyclic amines) is 1. The molecule has 0 aromatic heterocycles. The lowest BCUT2D eigenvalue weighted by Crippen LogP contribution is -2.32. The van der Waals surface area contributed by atoms with Crippen LogP contribution in [0.15, 0.2) is 24.3 Å². The van der Waals surface area contributed by atoms with Gasteiger partial charge in [0, 0.05) is 25.3 Å². The standard InChI is InChI=1S/C17H25N3O/c1-12-3-8-15(18-11-12)13-4-6-14(7-5-13)19-16-9-10-20(2)17(16)21/h4-7,12,15-16,18-19H,3,8-11H2,1-2H3/t12-,15+,16-/m1/s1. The lowest BCUT2D eigenvalue weighted by molar-refractivity contribution is -0.127. The second-order valence-corrected chi connectivity index (χ2v) is 6.51. The van der Waals surface area contributed by atoms with Crippen LogP contribution in [0.25, 0.3) is 0 Å². The summed E-state index contributed by atoms with van der Waals surface area (Å²) in [5.74, 6) is 0.981. The summed E-state index contributed by atoms with van der Waals surface area (Å²) in [6, 6.07) is 8.98. The molecule has 0 bridgehead atoms. The average molecular weight is 287 g/mol. The predicted molar refractivity (Wildman–Crippen MR) is 85.2 cm³/mol. The van der Waals surface area contributed by atoms with Crippen LogP contribution in [0.4, 0.5) is 5.69 Å². The molecular weight excluding hydrogens is 262 g/mol. The molecule has 4 nitrogen and oxygen atoms in total. The first-order valence-electron chi connectivity index (χ1n) is 7.98. The maximum Gasteiger partial charge on any atom is 0.244 e. The maximum atomic E-state index is 11.9. The first kappa shape index (κ1) is 14.4. The van der Waals surface area contributed by atoms with Crippen molar-refractivity contribution >= 4 is 11.6 Å². The number of benzene rings is 1. The van der Waals surface area contributed by atoms with Crippen LogP contribution in [-0.2, 0) is 4.79 Å². The zero-order valence-electron chi connectivity index (χ0n) is 12.9. The van der Waals surface area contributed by atoms with E-state index in [1.807, 2.05) is 7.05 Å². The van der Waals surface area contributed by atoms with E-state index in [1.54, 1.807) is 4.90 Å². The molecule has 21 heavy (non-hydrogen) atoms. The Hall–Kier alpha value is -1.55. The summed E-state index contributed by atoms with van der Waals surface area (Å²) < 4.78 is 0. The van der Waals surface area contributed by atoms with Crippen molar-refractivity contribution in [3.05, 3.63) is 29.8 Å². The summed E-state index contributed by atoms with van der Waals surface area (Å²) in [7, 11) is 1.86. The number of carbonyl (C=O) groups excluding carboxylic acids is 1. The fourth-order valence-electron chi connectivity index (χ4n) is 3.25. The molecule has 2 heterocycles. The van der Waals surface area contributed by atoms with Crippen molar-refractivity contribution in [1.82, 2.24) is 10.2 Å². The molecule has 3 atom stereocenters. The summed E-state index contributed by atoms with van der Waals surface area (Å²) in [6.45, 7) is 4.25. The molecule has 0 unspecified atom stereocenters. The Morgan fingerprint density at radius 3 is 2.52 bits per heavy atom. The highest BCUT2D eigenvalue weighted by atomic mass is 16.2. The van der Waals surface area contributed by atoms with Gasteiger partial charge in [-0.05, 0) is 49.4 Å². The SMILES string of the molecule is C[C@@H]1CC[C@@H](c2ccc(N[C@@H]3CCN(C)C3=O)cc2)NC1. The van der Waals surface area contributed by atoms with Gasteiger partial charge in [-0.15, -0.1) is 0 Å². The molecule has 1 aromatic carbocycles. The largest absolute Gasteiger partial charge is 0.374 e. The molecule has 0 spiro atoms. The normalized spacial score (nSPS) is 29.7. The van der Waals surface area contributed by atoms with Crippen molar-refractivity contribution < 1.29 is 4.79 Å². The second-order valence-electron chi connectivity index (χ2n) is 6.51. The summed E-state index contributed by atoms with van der Waals surface area (Å²) in [6.07, 6.45) is 3.39. The van der Waals surface area contributed by atoms with Gasteiger partial charge in [0.25, 0.3) is 0 Å². The monoisotopic (exact) mass is 287 g/mol. The van der Waals surface area contributed by atoms with Crippen LogP contribution in [0, 0.1) is 5.92 Å². The van der Waals surface area contributed by atoms with Gasteiger partial charge in [0.15, 0.2) is 0 Å². The van der Waals surface area contributed by atoms with E-state index in [9.17, 15) is 4.79 Å². The molecule has 0 radical (unpaired) electrons. The van der Waals surface area contributed by atoms with Gasteiger partial charge in [0.2, 0.25) is 5.91 Å². The van der Waals surface area contributed by atoms with Crippen LogP contribution in [0.5, 0.6) is 0 Å². The Morgan fingerprint density at radius 2 is 1.95 bits per heavy atom. The number of rotatable bonds is 3. The molecular formula is C17H25N3O. The molecule has 2 aliphatic rings. The lowest BCUT2D eigenvalue weighted by atomic mass is 9.92. The first-order chi connectivity index (χ1) is 10.1. The molecule has 4 heteroatoms. The van der Waals surface area contributed by atoms with Crippen molar-refractivity contribution in [2.24, 2.45) is 5.92 Å². The van der Waals surface area contributed by atoms with Crippen molar-refractivity contribution in [2.45, 2.75) is 38.3 Å². The van der Waals surface area contributed by atoms with Gasteiger partial charge in [-0.1, -0.05) is 19.1 Å². The molecule has 2 fully saturated rings. The number of carbonyl (C=O) groups is 1. The third kappa shape index (κ3) is 3.21. The van der Waals surface area contributed by atoms with Crippen molar-refractivity contribution in [1.29, 1.82) is 0 Å². The molecule has 1 amide bonds. The zero-order chi connectivity index (χ0) is 14.8. The van der Waals surface area contributed by atoms with Crippen LogP contribution in [-0.4, -0.2) is 37.0 Å². The van der Waals surface area contributed by atoms with Crippen molar-refractivity contribution in [2.75, 3.05) is 25.5 Å². The van der Waals surface area contributed by atoms with E-state index in [0.717, 1.165) is 31.1 Å². The number of likely N-dealkylation sites (N-methyl/N-ethyl adjacent to an activating group) is 1. The molecule has 0 saturated carbocycles. The number of nitrogens with one attached hydrogen (secondary N) is 2. The van der Waals surface area contributed by atoms with E-state index in [0.29, 0.717) is 6.04 Å². The highest BCUT2D eigenvalue weighted by Crippen LogP contribution is 2.26. The van der Waals surface area contributed by atoms with E-state index in [2.05, 4.69) is 41.8 Å². The highest BCUT2D eigenvalue weighted by Gasteiger charge is 2.28. The van der Waals surface area contributed by atoms with Gasteiger partial charge in [-0.2, -0.15) is 0 Å². The van der Waals surface area contributed by atoms with Crippen LogP contribution >= 0.6 is 0 Å². The second kappa shape index (κ2) is 6.06. The Kier molecular flexibility index (Phi) is 4.15. The van der Waals surface area contributed by atoms with Crippen LogP contribution in [0.1, 0.15) is 37.8 Å². The van der Waals surface area contributed by atoms with Crippen LogP contribution < -0.4 is 10.6 Å². The number of anilines is 1. The van der Waals surface area contributed by atoms with Gasteiger partial charge >= 0.3 is 0 Å². The number of amides is 1. The minimum atomic E-state index is -0.0606. The summed E-state index contributed by atoms with van der Waals surface area (Å²) in [4.78, 5) is 13.7. The molecule has 2 N–H and O–H groups in total. The van der Waals surface area contributed by atoms with E-state index >= 15 is 0 Å². The smallest absolute Gasteiger partial charge is 0.244 e. The van der Waals surface area contributed by atoms with E-state index < -0.39 is 0 Å². The summed E-state index contributed by atoms with van der Waals surface area (Å²) >= 11 is 0. The van der Waals surface area contributed by atoms with Crippen LogP contribution in [0.3, 0.4) is 0 Å². The highest BCUT2D eigenvalue weighted by molar-refractivity contribution is 5.86. The number of nitrogens with zero attached hydrogens (tertiary/aromatic N) is 1. The molecule has 114 valence electrons. The van der Waals surface area contributed by atoms with E-state index in [1.165, 1.54) is 18.4 Å². The van der Waals surface area contributed by atoms with E-state index in [-0.39, 0.29) is 11.9 Å². The van der Waals surface area contributed by atoms with Gasteiger partial charge in [-0.3, -0.25) is 4.79 Å². The fraction of sp³-hybridized carbons (Fsp3) is 0.588. The Balaban J connectivity index is 1.60. The predicted octanol–water partition coefficient (Wildman–Crippen LogP) is 2.39. The third-order valence-electron chi connectivity index (χ3n) is 4.74. The Morgan fingerprint density at radius 1 is 1.19 bits per heavy atom. The molecule has 3 rings (SSSR count). The summed E-state index contributed by atoms with van der Waals surface area (Å²) in [5, 5.41) is 6.96. The van der Waals surface area contributed by atoms with Gasteiger partial charge < -0.3 is 15.5 Å². The van der Waals surface area contributed by atoms with Crippen LogP contribution in [0.2, 0.25) is 0 Å². The number of hydrogen-bond acceptors (Lipinski definition) is 3. The number of piperidine rings is 1. The maximum absolute atomic E-state index is 11.9. The fourth-order valence-corrected chi connectivity index (χ4v) is 3.25. The summed E-state index contributed by atoms with van der Waals surface area (Å²) in [5.41, 5.74) is 2.39. The molecule has 2 saturated heterocycles. The number of hydrogen-bond donors (Lipinski definition) is 2. The molecule has 0 aliphatic carbocycles. The minimum absolute atomic E-state index is 0.0606. The average Bonchev–Trinajstić information content (AvgIpc) is 2.81. The van der Waals surface area contributed by atoms with Gasteiger partial charge in [0.05, 0.1) is 0 Å². The van der Waals surface area contributed by atoms with Crippen molar-refractivity contribution in [3.8, 4) is 0 Å². The molecule has 1 aromatic rings.